The van der Waals surface area contributed by atoms with E-state index in [4.69, 9.17) is 0 Å². The Hall–Kier alpha value is -4.48. The number of aliphatic hydroxyl groups is 1. The molecular formula is C27H32N8O3. The molecule has 0 atom stereocenters. The SMILES string of the molecule is C=CC(=O)Nc1cc(Nc2nccc(-n3c(=O)n(C)c4ccccc43)n2)c(CO)cc1N(C)CCN(C)C. The molecule has 3 N–H and O–H groups in total. The Bertz CT molecular complexity index is 1540. The van der Waals surface area contributed by atoms with Crippen molar-refractivity contribution in [3.63, 3.8) is 0 Å². The molecule has 0 bridgehead atoms. The maximum Gasteiger partial charge on any atom is 0.334 e. The predicted octanol–water partition coefficient (Wildman–Crippen LogP) is 2.48. The van der Waals surface area contributed by atoms with E-state index in [9.17, 15) is 14.7 Å². The summed E-state index contributed by atoms with van der Waals surface area (Å²) in [5.41, 5.74) is 3.66. The van der Waals surface area contributed by atoms with Crippen molar-refractivity contribution in [3.8, 4) is 5.82 Å². The molecule has 4 rings (SSSR count). The van der Waals surface area contributed by atoms with Gasteiger partial charge in [-0.05, 0) is 44.4 Å². The number of para-hydroxylation sites is 2. The van der Waals surface area contributed by atoms with Crippen LogP contribution in [0.4, 0.5) is 23.0 Å². The molecule has 0 aliphatic carbocycles. The molecule has 198 valence electrons. The molecule has 2 heterocycles. The molecule has 0 saturated carbocycles. The van der Waals surface area contributed by atoms with E-state index in [0.29, 0.717) is 29.3 Å². The van der Waals surface area contributed by atoms with Crippen LogP contribution in [0.2, 0.25) is 0 Å². The molecule has 38 heavy (non-hydrogen) atoms. The Morgan fingerprint density at radius 1 is 1.11 bits per heavy atom. The molecule has 0 radical (unpaired) electrons. The lowest BCUT2D eigenvalue weighted by atomic mass is 10.1. The molecule has 0 unspecified atom stereocenters. The van der Waals surface area contributed by atoms with Crippen LogP contribution in [-0.2, 0) is 18.4 Å². The monoisotopic (exact) mass is 516 g/mol. The quantitative estimate of drug-likeness (QED) is 0.275. The Morgan fingerprint density at radius 3 is 2.53 bits per heavy atom. The third-order valence-corrected chi connectivity index (χ3v) is 6.21. The lowest BCUT2D eigenvalue weighted by Crippen LogP contribution is -2.29. The summed E-state index contributed by atoms with van der Waals surface area (Å²) in [6, 6.07) is 12.7. The first-order valence-corrected chi connectivity index (χ1v) is 12.1. The van der Waals surface area contributed by atoms with Gasteiger partial charge in [-0.3, -0.25) is 9.36 Å². The summed E-state index contributed by atoms with van der Waals surface area (Å²) in [6.07, 6.45) is 2.76. The summed E-state index contributed by atoms with van der Waals surface area (Å²) in [5, 5.41) is 16.2. The number of carbonyl (C=O) groups is 1. The number of imidazole rings is 1. The lowest BCUT2D eigenvalue weighted by molar-refractivity contribution is -0.111. The molecule has 4 aromatic rings. The Balaban J connectivity index is 1.74. The molecule has 1 amide bonds. The number of rotatable bonds is 10. The third kappa shape index (κ3) is 5.43. The summed E-state index contributed by atoms with van der Waals surface area (Å²) >= 11 is 0. The highest BCUT2D eigenvalue weighted by Crippen LogP contribution is 2.33. The minimum atomic E-state index is -0.358. The predicted molar refractivity (Wildman–Crippen MR) is 150 cm³/mol. The minimum Gasteiger partial charge on any atom is -0.392 e. The van der Waals surface area contributed by atoms with Crippen LogP contribution in [0.3, 0.4) is 0 Å². The van der Waals surface area contributed by atoms with E-state index in [0.717, 1.165) is 23.3 Å². The molecule has 0 saturated heterocycles. The second-order valence-electron chi connectivity index (χ2n) is 9.13. The fourth-order valence-corrected chi connectivity index (χ4v) is 4.12. The number of likely N-dealkylation sites (N-methyl/N-ethyl adjacent to an activating group) is 2. The highest BCUT2D eigenvalue weighted by Gasteiger charge is 2.17. The first-order chi connectivity index (χ1) is 18.2. The number of carbonyl (C=O) groups excluding carboxylic acids is 1. The molecule has 0 fully saturated rings. The van der Waals surface area contributed by atoms with Gasteiger partial charge in [0.05, 0.1) is 29.0 Å². The van der Waals surface area contributed by atoms with E-state index >= 15 is 0 Å². The fourth-order valence-electron chi connectivity index (χ4n) is 4.12. The number of benzene rings is 2. The second kappa shape index (κ2) is 11.3. The topological polar surface area (TPSA) is 121 Å². The zero-order valence-corrected chi connectivity index (χ0v) is 22.0. The molecule has 0 aliphatic rings. The normalized spacial score (nSPS) is 11.1. The Kier molecular flexibility index (Phi) is 7.89. The van der Waals surface area contributed by atoms with Crippen molar-refractivity contribution in [2.75, 3.05) is 49.8 Å². The van der Waals surface area contributed by atoms with Crippen LogP contribution in [0.15, 0.2) is 66.1 Å². The summed E-state index contributed by atoms with van der Waals surface area (Å²) in [6.45, 7) is 4.79. The van der Waals surface area contributed by atoms with Crippen LogP contribution in [0.1, 0.15) is 5.56 Å². The highest BCUT2D eigenvalue weighted by molar-refractivity contribution is 6.02. The number of nitrogens with zero attached hydrogens (tertiary/aromatic N) is 6. The molecule has 11 heteroatoms. The van der Waals surface area contributed by atoms with Gasteiger partial charge in [0, 0.05) is 50.7 Å². The van der Waals surface area contributed by atoms with Crippen LogP contribution >= 0.6 is 0 Å². The van der Waals surface area contributed by atoms with Gasteiger partial charge in [0.25, 0.3) is 0 Å². The zero-order chi connectivity index (χ0) is 27.4. The van der Waals surface area contributed by atoms with Gasteiger partial charge in [0.1, 0.15) is 5.82 Å². The number of hydrogen-bond donors (Lipinski definition) is 3. The van der Waals surface area contributed by atoms with Crippen LogP contribution in [0.25, 0.3) is 16.9 Å². The van der Waals surface area contributed by atoms with E-state index in [1.807, 2.05) is 56.4 Å². The zero-order valence-electron chi connectivity index (χ0n) is 22.0. The van der Waals surface area contributed by atoms with Gasteiger partial charge in [0.15, 0.2) is 0 Å². The Morgan fingerprint density at radius 2 is 1.84 bits per heavy atom. The maximum absolute atomic E-state index is 13.0. The maximum atomic E-state index is 13.0. The first-order valence-electron chi connectivity index (χ1n) is 12.1. The number of fused-ring (bicyclic) bond motifs is 1. The minimum absolute atomic E-state index is 0.228. The van der Waals surface area contributed by atoms with Gasteiger partial charge in [-0.1, -0.05) is 18.7 Å². The van der Waals surface area contributed by atoms with E-state index < -0.39 is 0 Å². The van der Waals surface area contributed by atoms with E-state index in [-0.39, 0.29) is 24.2 Å². The number of nitrogens with one attached hydrogen (secondary N) is 2. The summed E-state index contributed by atoms with van der Waals surface area (Å²) in [5.74, 6) is 0.269. The third-order valence-electron chi connectivity index (χ3n) is 6.21. The first kappa shape index (κ1) is 26.6. The average molecular weight is 517 g/mol. The van der Waals surface area contributed by atoms with Gasteiger partial charge in [-0.2, -0.15) is 4.98 Å². The van der Waals surface area contributed by atoms with Crippen molar-refractivity contribution < 1.29 is 9.90 Å². The van der Waals surface area contributed by atoms with E-state index in [2.05, 4.69) is 32.1 Å². The van der Waals surface area contributed by atoms with Gasteiger partial charge >= 0.3 is 5.69 Å². The number of aryl methyl sites for hydroxylation is 1. The number of aliphatic hydroxyl groups excluding tert-OH is 1. The smallest absolute Gasteiger partial charge is 0.334 e. The van der Waals surface area contributed by atoms with E-state index in [1.165, 1.54) is 10.6 Å². The molecule has 11 nitrogen and oxygen atoms in total. The summed E-state index contributed by atoms with van der Waals surface area (Å²) in [7, 11) is 7.61. The van der Waals surface area contributed by atoms with Gasteiger partial charge < -0.3 is 25.5 Å². The fraction of sp³-hybridized carbons (Fsp3) is 0.259. The van der Waals surface area contributed by atoms with Crippen LogP contribution < -0.4 is 21.2 Å². The molecular weight excluding hydrogens is 484 g/mol. The second-order valence-corrected chi connectivity index (χ2v) is 9.13. The van der Waals surface area contributed by atoms with Crippen LogP contribution in [-0.4, -0.2) is 69.2 Å². The van der Waals surface area contributed by atoms with Crippen LogP contribution in [0.5, 0.6) is 0 Å². The van der Waals surface area contributed by atoms with E-state index in [1.54, 1.807) is 29.9 Å². The van der Waals surface area contributed by atoms with Crippen molar-refractivity contribution in [2.24, 2.45) is 7.05 Å². The van der Waals surface area contributed by atoms with Gasteiger partial charge in [0.2, 0.25) is 11.9 Å². The highest BCUT2D eigenvalue weighted by atomic mass is 16.3. The largest absolute Gasteiger partial charge is 0.392 e. The molecule has 0 aliphatic heterocycles. The molecule has 2 aromatic heterocycles. The van der Waals surface area contributed by atoms with Crippen molar-refractivity contribution >= 4 is 40.0 Å². The lowest BCUT2D eigenvalue weighted by Gasteiger charge is -2.26. The van der Waals surface area contributed by atoms with Gasteiger partial charge in [-0.15, -0.1) is 0 Å². The molecule has 2 aromatic carbocycles. The van der Waals surface area contributed by atoms with Crippen molar-refractivity contribution in [1.29, 1.82) is 0 Å². The number of anilines is 4. The van der Waals surface area contributed by atoms with Gasteiger partial charge in [-0.25, -0.2) is 14.3 Å². The molecule has 0 spiro atoms. The van der Waals surface area contributed by atoms with Crippen molar-refractivity contribution in [1.82, 2.24) is 24.0 Å². The average Bonchev–Trinajstić information content (AvgIpc) is 3.17. The number of hydrogen-bond acceptors (Lipinski definition) is 8. The summed E-state index contributed by atoms with van der Waals surface area (Å²) < 4.78 is 3.09. The van der Waals surface area contributed by atoms with Crippen molar-refractivity contribution in [3.05, 3.63) is 77.4 Å². The van der Waals surface area contributed by atoms with Crippen molar-refractivity contribution in [2.45, 2.75) is 6.61 Å². The number of aromatic nitrogens is 4. The van der Waals surface area contributed by atoms with Crippen LogP contribution in [0, 0.1) is 0 Å². The Labute approximate surface area is 220 Å². The number of amides is 1. The standard InChI is InChI=1S/C27H32N8O3/c1-6-25(37)29-20-16-19(18(17-36)15-23(20)33(4)14-13-32(2)3)30-26-28-12-11-24(31-26)35-22-10-8-7-9-21(22)34(5)27(35)38/h6-12,15-16,36H,1,13-14,17H2,2-5H3,(H,29,37)(H,28,30,31). The summed E-state index contributed by atoms with van der Waals surface area (Å²) in [4.78, 5) is 38.2.